The van der Waals surface area contributed by atoms with E-state index in [1.54, 1.807) is 11.3 Å². The fraction of sp³-hybridized carbons (Fsp3) is 0.333. The van der Waals surface area contributed by atoms with Crippen molar-refractivity contribution < 1.29 is 4.79 Å². The summed E-state index contributed by atoms with van der Waals surface area (Å²) in [5.74, 6) is 0.943. The van der Waals surface area contributed by atoms with Gasteiger partial charge in [-0.15, -0.1) is 11.3 Å². The highest BCUT2D eigenvalue weighted by molar-refractivity contribution is 7.10. The van der Waals surface area contributed by atoms with E-state index in [0.717, 1.165) is 17.7 Å². The monoisotopic (exact) mass is 301 g/mol. The quantitative estimate of drug-likeness (QED) is 0.758. The van der Waals surface area contributed by atoms with E-state index < -0.39 is 0 Å². The molecule has 0 saturated heterocycles. The van der Waals surface area contributed by atoms with Crippen LogP contribution in [0.4, 0.5) is 5.82 Å². The van der Waals surface area contributed by atoms with Crippen LogP contribution in [-0.2, 0) is 4.79 Å². The Hall–Kier alpha value is -2.08. The van der Waals surface area contributed by atoms with Gasteiger partial charge in [0, 0.05) is 34.4 Å². The van der Waals surface area contributed by atoms with E-state index in [1.807, 2.05) is 18.4 Å². The second-order valence-corrected chi connectivity index (χ2v) is 6.63. The van der Waals surface area contributed by atoms with E-state index in [0.29, 0.717) is 17.8 Å². The largest absolute Gasteiger partial charge is 0.343 e. The molecule has 2 atom stereocenters. The zero-order valence-corrected chi connectivity index (χ0v) is 12.3. The second kappa shape index (κ2) is 4.46. The van der Waals surface area contributed by atoms with Gasteiger partial charge >= 0.3 is 0 Å². The van der Waals surface area contributed by atoms with Crippen molar-refractivity contribution in [3.05, 3.63) is 49.6 Å². The maximum atomic E-state index is 12.6. The number of hydrogen-bond acceptors (Lipinski definition) is 4. The number of carbonyl (C=O) groups excluding carboxylic acids is 1. The van der Waals surface area contributed by atoms with Crippen LogP contribution >= 0.6 is 11.3 Å². The number of anilines is 1. The van der Waals surface area contributed by atoms with Gasteiger partial charge in [0.05, 0.1) is 5.56 Å². The molecule has 21 heavy (non-hydrogen) atoms. The van der Waals surface area contributed by atoms with Crippen LogP contribution in [0.5, 0.6) is 0 Å². The van der Waals surface area contributed by atoms with Crippen molar-refractivity contribution in [3.63, 3.8) is 0 Å². The summed E-state index contributed by atoms with van der Waals surface area (Å²) in [7, 11) is 0. The van der Waals surface area contributed by atoms with E-state index in [1.165, 1.54) is 4.88 Å². The van der Waals surface area contributed by atoms with Gasteiger partial charge < -0.3 is 5.32 Å². The maximum absolute atomic E-state index is 12.6. The third-order valence-corrected chi connectivity index (χ3v) is 5.45. The molecule has 3 heterocycles. The molecule has 2 aromatic rings. The van der Waals surface area contributed by atoms with Crippen molar-refractivity contribution in [1.29, 1.82) is 0 Å². The Kier molecular flexibility index (Phi) is 2.68. The summed E-state index contributed by atoms with van der Waals surface area (Å²) in [6, 6.07) is 4.11. The number of ketones is 1. The average Bonchev–Trinajstić information content (AvgIpc) is 3.08. The van der Waals surface area contributed by atoms with Gasteiger partial charge in [0.15, 0.2) is 5.78 Å². The number of Topliss-reactive ketones (excluding diaryl/α,β-unsaturated/α-hetero) is 1. The van der Waals surface area contributed by atoms with E-state index in [4.69, 9.17) is 0 Å². The molecule has 3 N–H and O–H groups in total. The Bertz CT molecular complexity index is 797. The van der Waals surface area contributed by atoms with Crippen LogP contribution in [0.2, 0.25) is 0 Å². The highest BCUT2D eigenvalue weighted by Gasteiger charge is 2.37. The molecular weight excluding hydrogens is 286 g/mol. The minimum absolute atomic E-state index is 0.148. The smallest absolute Gasteiger partial charge is 0.269 e. The van der Waals surface area contributed by atoms with Crippen LogP contribution in [0, 0.1) is 0 Å². The summed E-state index contributed by atoms with van der Waals surface area (Å²) in [5, 5.41) is 10.7. The normalized spacial score (nSPS) is 24.5. The van der Waals surface area contributed by atoms with Crippen LogP contribution in [0.3, 0.4) is 0 Å². The van der Waals surface area contributed by atoms with E-state index in [2.05, 4.69) is 21.6 Å². The third-order valence-electron chi connectivity index (χ3n) is 4.41. The molecule has 4 rings (SSSR count). The molecule has 0 radical (unpaired) electrons. The number of aromatic amines is 2. The molecule has 1 aliphatic carbocycles. The first-order valence-electron chi connectivity index (χ1n) is 7.02. The Morgan fingerprint density at radius 3 is 2.86 bits per heavy atom. The summed E-state index contributed by atoms with van der Waals surface area (Å²) in [6.45, 7) is 1.93. The Balaban J connectivity index is 1.76. The van der Waals surface area contributed by atoms with E-state index in [-0.39, 0.29) is 23.2 Å². The number of allylic oxidation sites excluding steroid dienone is 2. The third kappa shape index (κ3) is 1.82. The molecule has 0 aromatic carbocycles. The molecule has 0 saturated carbocycles. The van der Waals surface area contributed by atoms with Crippen molar-refractivity contribution in [3.8, 4) is 0 Å². The maximum Gasteiger partial charge on any atom is 0.269 e. The van der Waals surface area contributed by atoms with Gasteiger partial charge in [0.2, 0.25) is 0 Å². The average molecular weight is 301 g/mol. The molecular formula is C15H15N3O2S. The fourth-order valence-corrected chi connectivity index (χ4v) is 4.28. The van der Waals surface area contributed by atoms with Crippen molar-refractivity contribution in [2.24, 2.45) is 0 Å². The molecule has 5 nitrogen and oxygen atoms in total. The zero-order valence-electron chi connectivity index (χ0n) is 11.5. The number of rotatable bonds is 1. The lowest BCUT2D eigenvalue weighted by atomic mass is 9.77. The van der Waals surface area contributed by atoms with Crippen molar-refractivity contribution in [1.82, 2.24) is 10.2 Å². The lowest BCUT2D eigenvalue weighted by molar-refractivity contribution is -0.116. The van der Waals surface area contributed by atoms with Crippen LogP contribution in [0.15, 0.2) is 33.6 Å². The molecule has 2 unspecified atom stereocenters. The highest BCUT2D eigenvalue weighted by Crippen LogP contribution is 2.44. The Morgan fingerprint density at radius 1 is 1.24 bits per heavy atom. The number of carbonyl (C=O) groups is 1. The predicted octanol–water partition coefficient (Wildman–Crippen LogP) is 2.69. The molecule has 0 bridgehead atoms. The van der Waals surface area contributed by atoms with E-state index in [9.17, 15) is 9.59 Å². The van der Waals surface area contributed by atoms with Crippen molar-refractivity contribution in [2.75, 3.05) is 5.32 Å². The topological polar surface area (TPSA) is 77.8 Å². The lowest BCUT2D eigenvalue weighted by Gasteiger charge is -2.32. The van der Waals surface area contributed by atoms with Gasteiger partial charge in [-0.05, 0) is 17.9 Å². The standard InChI is InChI=1S/C15H15N3O2S/c1-7-12-9(16-14-13(7)15(20)18-17-14)5-8(6-10(12)19)11-3-2-4-21-11/h2-4,7-8H,5-6H2,1H3,(H3,16,17,18,20). The number of thiophene rings is 1. The van der Waals surface area contributed by atoms with Crippen LogP contribution < -0.4 is 10.9 Å². The number of aromatic nitrogens is 2. The number of nitrogens with one attached hydrogen (secondary N) is 3. The summed E-state index contributed by atoms with van der Waals surface area (Å²) in [4.78, 5) is 25.7. The minimum Gasteiger partial charge on any atom is -0.343 e. The lowest BCUT2D eigenvalue weighted by Crippen LogP contribution is -2.29. The molecule has 0 fully saturated rings. The molecule has 6 heteroatoms. The van der Waals surface area contributed by atoms with Crippen LogP contribution in [0.1, 0.15) is 42.0 Å². The van der Waals surface area contributed by atoms with Crippen molar-refractivity contribution in [2.45, 2.75) is 31.6 Å². The van der Waals surface area contributed by atoms with Gasteiger partial charge in [-0.25, -0.2) is 0 Å². The minimum atomic E-state index is -0.150. The highest BCUT2D eigenvalue weighted by atomic mass is 32.1. The SMILES string of the molecule is CC1C2=C(CC(c3cccs3)CC2=O)Nc2[nH][nH]c(=O)c21. The zero-order chi connectivity index (χ0) is 14.6. The van der Waals surface area contributed by atoms with Gasteiger partial charge in [-0.1, -0.05) is 13.0 Å². The van der Waals surface area contributed by atoms with Gasteiger partial charge in [-0.2, -0.15) is 0 Å². The summed E-state index contributed by atoms with van der Waals surface area (Å²) in [5.41, 5.74) is 2.22. The second-order valence-electron chi connectivity index (χ2n) is 5.65. The van der Waals surface area contributed by atoms with Gasteiger partial charge in [0.1, 0.15) is 5.82 Å². The van der Waals surface area contributed by atoms with Gasteiger partial charge in [0.25, 0.3) is 5.56 Å². The van der Waals surface area contributed by atoms with E-state index >= 15 is 0 Å². The summed E-state index contributed by atoms with van der Waals surface area (Å²) >= 11 is 1.69. The molecule has 108 valence electrons. The molecule has 2 aromatic heterocycles. The first-order valence-corrected chi connectivity index (χ1v) is 7.90. The predicted molar refractivity (Wildman–Crippen MR) is 81.8 cm³/mol. The summed E-state index contributed by atoms with van der Waals surface area (Å²) < 4.78 is 0. The summed E-state index contributed by atoms with van der Waals surface area (Å²) in [6.07, 6.45) is 1.35. The van der Waals surface area contributed by atoms with Gasteiger partial charge in [-0.3, -0.25) is 19.8 Å². The fourth-order valence-electron chi connectivity index (χ4n) is 3.45. The Labute approximate surface area is 125 Å². The number of H-pyrrole nitrogens is 2. The van der Waals surface area contributed by atoms with Crippen LogP contribution in [0.25, 0.3) is 0 Å². The Morgan fingerprint density at radius 2 is 2.10 bits per heavy atom. The first kappa shape index (κ1) is 12.6. The number of hydrogen-bond donors (Lipinski definition) is 3. The molecule has 0 amide bonds. The van der Waals surface area contributed by atoms with Crippen molar-refractivity contribution >= 4 is 22.9 Å². The molecule has 0 spiro atoms. The van der Waals surface area contributed by atoms with Crippen LogP contribution in [-0.4, -0.2) is 16.0 Å². The number of fused-ring (bicyclic) bond motifs is 1. The molecule has 2 aliphatic rings. The first-order chi connectivity index (χ1) is 10.1. The molecule has 1 aliphatic heterocycles.